The number of Topliss-reactive ketones (excluding diaryl/α,β-unsaturated/α-hetero) is 1. The van der Waals surface area contributed by atoms with E-state index in [4.69, 9.17) is 0 Å². The Morgan fingerprint density at radius 2 is 2.13 bits per heavy atom. The quantitative estimate of drug-likeness (QED) is 0.695. The van der Waals surface area contributed by atoms with Crippen LogP contribution in [0.3, 0.4) is 0 Å². The Labute approximate surface area is 89.5 Å². The molecule has 0 saturated carbocycles. The number of rotatable bonds is 4. The minimum absolute atomic E-state index is 0.239. The van der Waals surface area contributed by atoms with Gasteiger partial charge in [0.05, 0.1) is 5.69 Å². The predicted octanol–water partition coefficient (Wildman–Crippen LogP) is 3.31. The number of aromatic nitrogens is 1. The molecule has 0 aromatic carbocycles. The summed E-state index contributed by atoms with van der Waals surface area (Å²) in [6.07, 6.45) is 4.62. The average Bonchev–Trinajstić information content (AvgIpc) is 2.69. The fraction of sp³-hybridized carbons (Fsp3) is 0.308. The SMILES string of the molecule is CCCCC(=O)c1ccc2ccccn12. The van der Waals surface area contributed by atoms with Crippen LogP contribution in [0.25, 0.3) is 5.52 Å². The van der Waals surface area contributed by atoms with Crippen molar-refractivity contribution in [2.75, 3.05) is 0 Å². The van der Waals surface area contributed by atoms with E-state index in [-0.39, 0.29) is 5.78 Å². The third-order valence-corrected chi connectivity index (χ3v) is 2.61. The molecule has 2 heterocycles. The molecule has 0 aliphatic carbocycles. The van der Waals surface area contributed by atoms with Crippen molar-refractivity contribution in [1.29, 1.82) is 0 Å². The van der Waals surface area contributed by atoms with Crippen molar-refractivity contribution >= 4 is 11.3 Å². The van der Waals surface area contributed by atoms with Gasteiger partial charge in [-0.3, -0.25) is 4.79 Å². The maximum absolute atomic E-state index is 11.9. The first-order valence-electron chi connectivity index (χ1n) is 5.42. The normalized spacial score (nSPS) is 10.7. The molecule has 0 spiro atoms. The van der Waals surface area contributed by atoms with Crippen molar-refractivity contribution in [3.8, 4) is 0 Å². The smallest absolute Gasteiger partial charge is 0.179 e. The van der Waals surface area contributed by atoms with Crippen LogP contribution in [0.5, 0.6) is 0 Å². The Kier molecular flexibility index (Phi) is 2.86. The van der Waals surface area contributed by atoms with E-state index >= 15 is 0 Å². The number of fused-ring (bicyclic) bond motifs is 1. The molecule has 15 heavy (non-hydrogen) atoms. The molecule has 0 aliphatic heterocycles. The van der Waals surface area contributed by atoms with Crippen LogP contribution in [0, 0.1) is 0 Å². The summed E-state index contributed by atoms with van der Waals surface area (Å²) in [5, 5.41) is 0. The highest BCUT2D eigenvalue weighted by atomic mass is 16.1. The number of carbonyl (C=O) groups is 1. The van der Waals surface area contributed by atoms with Crippen molar-refractivity contribution in [3.05, 3.63) is 42.2 Å². The molecule has 0 fully saturated rings. The maximum Gasteiger partial charge on any atom is 0.179 e. The minimum Gasteiger partial charge on any atom is -0.314 e. The zero-order chi connectivity index (χ0) is 10.7. The summed E-state index contributed by atoms with van der Waals surface area (Å²) in [5.41, 5.74) is 1.89. The van der Waals surface area contributed by atoms with Crippen LogP contribution in [-0.4, -0.2) is 10.2 Å². The van der Waals surface area contributed by atoms with E-state index in [2.05, 4.69) is 6.92 Å². The summed E-state index contributed by atoms with van der Waals surface area (Å²) in [5.74, 6) is 0.239. The second-order valence-electron chi connectivity index (χ2n) is 3.74. The molecule has 78 valence electrons. The van der Waals surface area contributed by atoms with Crippen LogP contribution in [0.1, 0.15) is 36.7 Å². The summed E-state index contributed by atoms with van der Waals surface area (Å²) in [6.45, 7) is 2.10. The first kappa shape index (κ1) is 9.97. The highest BCUT2D eigenvalue weighted by molar-refractivity contribution is 5.95. The second kappa shape index (κ2) is 4.30. The lowest BCUT2D eigenvalue weighted by atomic mass is 10.1. The number of ketones is 1. The van der Waals surface area contributed by atoms with Gasteiger partial charge in [-0.25, -0.2) is 0 Å². The molecule has 0 radical (unpaired) electrons. The topological polar surface area (TPSA) is 21.5 Å². The lowest BCUT2D eigenvalue weighted by Gasteiger charge is -2.01. The largest absolute Gasteiger partial charge is 0.314 e. The van der Waals surface area contributed by atoms with E-state index in [1.165, 1.54) is 0 Å². The maximum atomic E-state index is 11.9. The van der Waals surface area contributed by atoms with Crippen molar-refractivity contribution in [3.63, 3.8) is 0 Å². The van der Waals surface area contributed by atoms with E-state index in [0.717, 1.165) is 24.1 Å². The standard InChI is InChI=1S/C13H15NO/c1-2-3-7-13(15)12-9-8-11-6-4-5-10-14(11)12/h4-6,8-10H,2-3,7H2,1H3. The highest BCUT2D eigenvalue weighted by Gasteiger charge is 2.09. The molecular formula is C13H15NO. The van der Waals surface area contributed by atoms with Crippen LogP contribution in [0.2, 0.25) is 0 Å². The van der Waals surface area contributed by atoms with Crippen LogP contribution in [0.4, 0.5) is 0 Å². The second-order valence-corrected chi connectivity index (χ2v) is 3.74. The first-order valence-corrected chi connectivity index (χ1v) is 5.42. The Bertz CT molecular complexity index is 470. The lowest BCUT2D eigenvalue weighted by molar-refractivity contribution is 0.0974. The van der Waals surface area contributed by atoms with Gasteiger partial charge in [0.1, 0.15) is 0 Å². The Morgan fingerprint density at radius 1 is 1.27 bits per heavy atom. The molecule has 0 saturated heterocycles. The first-order chi connectivity index (χ1) is 7.33. The van der Waals surface area contributed by atoms with Crippen molar-refractivity contribution in [2.24, 2.45) is 0 Å². The van der Waals surface area contributed by atoms with Crippen molar-refractivity contribution in [2.45, 2.75) is 26.2 Å². The number of pyridine rings is 1. The molecule has 0 amide bonds. The molecule has 2 heteroatoms. The number of hydrogen-bond donors (Lipinski definition) is 0. The van der Waals surface area contributed by atoms with Crippen LogP contribution < -0.4 is 0 Å². The van der Waals surface area contributed by atoms with Gasteiger partial charge >= 0.3 is 0 Å². The summed E-state index contributed by atoms with van der Waals surface area (Å²) in [7, 11) is 0. The molecule has 0 unspecified atom stereocenters. The van der Waals surface area contributed by atoms with Crippen LogP contribution in [-0.2, 0) is 0 Å². The molecule has 0 atom stereocenters. The average molecular weight is 201 g/mol. The summed E-state index contributed by atoms with van der Waals surface area (Å²) in [6, 6.07) is 9.84. The highest BCUT2D eigenvalue weighted by Crippen LogP contribution is 2.12. The van der Waals surface area contributed by atoms with Crippen molar-refractivity contribution < 1.29 is 4.79 Å². The van der Waals surface area contributed by atoms with Gasteiger partial charge in [0.15, 0.2) is 5.78 Å². The summed E-state index contributed by atoms with van der Waals surface area (Å²) < 4.78 is 1.96. The van der Waals surface area contributed by atoms with Gasteiger partial charge in [0, 0.05) is 18.1 Å². The number of unbranched alkanes of at least 4 members (excludes halogenated alkanes) is 1. The van der Waals surface area contributed by atoms with Gasteiger partial charge < -0.3 is 4.40 Å². The molecule has 0 N–H and O–H groups in total. The van der Waals surface area contributed by atoms with E-state index in [1.54, 1.807) is 0 Å². The zero-order valence-corrected chi connectivity index (χ0v) is 8.94. The van der Waals surface area contributed by atoms with Gasteiger partial charge in [-0.2, -0.15) is 0 Å². The molecule has 2 aromatic heterocycles. The molecule has 0 aliphatic rings. The van der Waals surface area contributed by atoms with Gasteiger partial charge in [-0.1, -0.05) is 19.4 Å². The van der Waals surface area contributed by atoms with E-state index < -0.39 is 0 Å². The molecule has 0 bridgehead atoms. The minimum atomic E-state index is 0.239. The lowest BCUT2D eigenvalue weighted by Crippen LogP contribution is -2.02. The van der Waals surface area contributed by atoms with Crippen molar-refractivity contribution in [1.82, 2.24) is 4.40 Å². The number of nitrogens with zero attached hydrogens (tertiary/aromatic N) is 1. The monoisotopic (exact) mass is 201 g/mol. The van der Waals surface area contributed by atoms with Crippen LogP contribution in [0.15, 0.2) is 36.5 Å². The van der Waals surface area contributed by atoms with Gasteiger partial charge in [0.2, 0.25) is 0 Å². The van der Waals surface area contributed by atoms with Gasteiger partial charge in [-0.15, -0.1) is 0 Å². The Balaban J connectivity index is 2.31. The number of carbonyl (C=O) groups excluding carboxylic acids is 1. The summed E-state index contributed by atoms with van der Waals surface area (Å²) in [4.78, 5) is 11.9. The third-order valence-electron chi connectivity index (χ3n) is 2.61. The van der Waals surface area contributed by atoms with Gasteiger partial charge in [-0.05, 0) is 30.7 Å². The fourth-order valence-corrected chi connectivity index (χ4v) is 1.75. The third kappa shape index (κ3) is 1.94. The van der Waals surface area contributed by atoms with E-state index in [0.29, 0.717) is 6.42 Å². The molecule has 2 aromatic rings. The Morgan fingerprint density at radius 3 is 2.93 bits per heavy atom. The molecule has 2 rings (SSSR count). The van der Waals surface area contributed by atoms with E-state index in [1.807, 2.05) is 40.9 Å². The predicted molar refractivity (Wildman–Crippen MR) is 61.3 cm³/mol. The Hall–Kier alpha value is -1.57. The summed E-state index contributed by atoms with van der Waals surface area (Å²) >= 11 is 0. The van der Waals surface area contributed by atoms with Gasteiger partial charge in [0.25, 0.3) is 0 Å². The molecule has 2 nitrogen and oxygen atoms in total. The fourth-order valence-electron chi connectivity index (χ4n) is 1.75. The number of hydrogen-bond acceptors (Lipinski definition) is 1. The van der Waals surface area contributed by atoms with Crippen LogP contribution >= 0.6 is 0 Å². The van der Waals surface area contributed by atoms with E-state index in [9.17, 15) is 4.79 Å². The molecular weight excluding hydrogens is 186 g/mol. The zero-order valence-electron chi connectivity index (χ0n) is 8.94.